The topological polar surface area (TPSA) is 62.7 Å². The second-order valence-electron chi connectivity index (χ2n) is 1.56. The Bertz CT molecular complexity index is 258. The van der Waals surface area contributed by atoms with Crippen molar-refractivity contribution in [1.29, 1.82) is 5.26 Å². The van der Waals surface area contributed by atoms with E-state index in [-0.39, 0.29) is 0 Å². The number of nitrogens with zero attached hydrogens (tertiary/aromatic N) is 2. The molecule has 0 aliphatic rings. The molecule has 0 aromatic carbocycles. The van der Waals surface area contributed by atoms with E-state index < -0.39 is 0 Å². The molecule has 1 aromatic heterocycles. The Hall–Kier alpha value is -1.08. The molecule has 4 heteroatoms. The molecule has 0 fully saturated rings. The Balaban J connectivity index is 3.20. The van der Waals surface area contributed by atoms with Gasteiger partial charge in [0.15, 0.2) is 5.69 Å². The molecule has 0 aliphatic heterocycles. The third-order valence-corrected chi connectivity index (χ3v) is 1.67. The number of thiazole rings is 1. The van der Waals surface area contributed by atoms with Gasteiger partial charge in [0.25, 0.3) is 0 Å². The van der Waals surface area contributed by atoms with Crippen LogP contribution >= 0.6 is 11.3 Å². The monoisotopic (exact) mass is 139 g/mol. The number of nitriles is 1. The molecular weight excluding hydrogens is 134 g/mol. The number of nitrogens with two attached hydrogens (primary N) is 1. The van der Waals surface area contributed by atoms with Gasteiger partial charge < -0.3 is 5.73 Å². The molecule has 1 heterocycles. The molecule has 3 nitrogen and oxygen atoms in total. The highest BCUT2D eigenvalue weighted by molar-refractivity contribution is 7.15. The number of hydrogen-bond acceptors (Lipinski definition) is 4. The van der Waals surface area contributed by atoms with E-state index in [0.717, 1.165) is 5.01 Å². The largest absolute Gasteiger partial charge is 0.388 e. The number of anilines is 1. The van der Waals surface area contributed by atoms with Gasteiger partial charge in [0, 0.05) is 0 Å². The minimum atomic E-state index is 0.345. The molecule has 0 amide bonds. The summed E-state index contributed by atoms with van der Waals surface area (Å²) in [4.78, 5) is 3.86. The highest BCUT2D eigenvalue weighted by Gasteiger charge is 2.01. The average molecular weight is 139 g/mol. The van der Waals surface area contributed by atoms with Crippen LogP contribution in [0.4, 0.5) is 5.00 Å². The van der Waals surface area contributed by atoms with Gasteiger partial charge in [0.2, 0.25) is 0 Å². The highest BCUT2D eigenvalue weighted by atomic mass is 32.1. The van der Waals surface area contributed by atoms with Gasteiger partial charge in [-0.05, 0) is 6.92 Å². The van der Waals surface area contributed by atoms with Crippen LogP contribution in [0, 0.1) is 18.3 Å². The first-order valence-electron chi connectivity index (χ1n) is 2.37. The molecule has 0 bridgehead atoms. The normalized spacial score (nSPS) is 8.89. The summed E-state index contributed by atoms with van der Waals surface area (Å²) in [5.74, 6) is 0. The van der Waals surface area contributed by atoms with Crippen LogP contribution in [0.5, 0.6) is 0 Å². The van der Waals surface area contributed by atoms with Crippen molar-refractivity contribution in [3.8, 4) is 6.07 Å². The number of aryl methyl sites for hydroxylation is 1. The Labute approximate surface area is 56.8 Å². The molecular formula is C5H5N3S. The molecule has 0 atom stereocenters. The zero-order valence-corrected chi connectivity index (χ0v) is 5.70. The second kappa shape index (κ2) is 2.03. The molecule has 9 heavy (non-hydrogen) atoms. The minimum absolute atomic E-state index is 0.345. The lowest BCUT2D eigenvalue weighted by Crippen LogP contribution is -1.82. The predicted octanol–water partition coefficient (Wildman–Crippen LogP) is 0.905. The lowest BCUT2D eigenvalue weighted by Gasteiger charge is -1.75. The minimum Gasteiger partial charge on any atom is -0.388 e. The molecule has 46 valence electrons. The van der Waals surface area contributed by atoms with Crippen molar-refractivity contribution >= 4 is 16.3 Å². The second-order valence-corrected chi connectivity index (χ2v) is 2.79. The van der Waals surface area contributed by atoms with Gasteiger partial charge in [-0.15, -0.1) is 11.3 Å². The summed E-state index contributed by atoms with van der Waals surface area (Å²) >= 11 is 1.34. The van der Waals surface area contributed by atoms with E-state index in [1.54, 1.807) is 0 Å². The zero-order valence-electron chi connectivity index (χ0n) is 4.88. The summed E-state index contributed by atoms with van der Waals surface area (Å²) in [6.07, 6.45) is 0. The van der Waals surface area contributed by atoms with Crippen molar-refractivity contribution < 1.29 is 0 Å². The third kappa shape index (κ3) is 1.00. The van der Waals surface area contributed by atoms with Gasteiger partial charge >= 0.3 is 0 Å². The summed E-state index contributed by atoms with van der Waals surface area (Å²) in [7, 11) is 0. The summed E-state index contributed by atoms with van der Waals surface area (Å²) in [5.41, 5.74) is 5.73. The van der Waals surface area contributed by atoms with Crippen LogP contribution in [0.1, 0.15) is 10.7 Å². The summed E-state index contributed by atoms with van der Waals surface area (Å²) in [6, 6.07) is 1.89. The van der Waals surface area contributed by atoms with Gasteiger partial charge in [-0.25, -0.2) is 4.98 Å². The summed E-state index contributed by atoms with van der Waals surface area (Å²) < 4.78 is 0. The molecule has 0 radical (unpaired) electrons. The Morgan fingerprint density at radius 2 is 2.44 bits per heavy atom. The van der Waals surface area contributed by atoms with E-state index in [1.165, 1.54) is 11.3 Å². The fourth-order valence-electron chi connectivity index (χ4n) is 0.523. The van der Waals surface area contributed by atoms with Crippen molar-refractivity contribution in [2.24, 2.45) is 0 Å². The summed E-state index contributed by atoms with van der Waals surface area (Å²) in [5, 5.41) is 9.69. The van der Waals surface area contributed by atoms with Crippen LogP contribution in [0.15, 0.2) is 0 Å². The smallest absolute Gasteiger partial charge is 0.175 e. The van der Waals surface area contributed by atoms with Gasteiger partial charge in [0.1, 0.15) is 11.1 Å². The van der Waals surface area contributed by atoms with E-state index in [0.29, 0.717) is 10.7 Å². The number of aromatic nitrogens is 1. The van der Waals surface area contributed by atoms with Crippen molar-refractivity contribution in [2.75, 3.05) is 5.73 Å². The molecule has 1 aromatic rings. The predicted molar refractivity (Wildman–Crippen MR) is 36.0 cm³/mol. The average Bonchev–Trinajstić information content (AvgIpc) is 2.10. The fourth-order valence-corrected chi connectivity index (χ4v) is 1.17. The van der Waals surface area contributed by atoms with Gasteiger partial charge in [-0.2, -0.15) is 5.26 Å². The fraction of sp³-hybridized carbons (Fsp3) is 0.200. The van der Waals surface area contributed by atoms with E-state index in [1.807, 2.05) is 13.0 Å². The van der Waals surface area contributed by atoms with Crippen LogP contribution < -0.4 is 5.73 Å². The van der Waals surface area contributed by atoms with Crippen molar-refractivity contribution in [3.05, 3.63) is 10.7 Å². The van der Waals surface area contributed by atoms with Gasteiger partial charge in [-0.1, -0.05) is 0 Å². The number of hydrogen-bond donors (Lipinski definition) is 1. The lowest BCUT2D eigenvalue weighted by molar-refractivity contribution is 1.25. The first-order chi connectivity index (χ1) is 4.24. The molecule has 1 rings (SSSR count). The Morgan fingerprint density at radius 1 is 1.78 bits per heavy atom. The Morgan fingerprint density at radius 3 is 2.67 bits per heavy atom. The standard InChI is InChI=1S/C5H5N3S/c1-3-8-4(2-6)5(7)9-3/h7H2,1H3. The Kier molecular flexibility index (Phi) is 1.37. The van der Waals surface area contributed by atoms with E-state index in [4.69, 9.17) is 11.0 Å². The lowest BCUT2D eigenvalue weighted by atomic mass is 10.5. The first-order valence-corrected chi connectivity index (χ1v) is 3.18. The molecule has 0 saturated heterocycles. The molecule has 0 saturated carbocycles. The number of nitrogen functional groups attached to an aromatic ring is 1. The maximum absolute atomic E-state index is 8.35. The van der Waals surface area contributed by atoms with Gasteiger partial charge in [-0.3, -0.25) is 0 Å². The zero-order chi connectivity index (χ0) is 6.85. The van der Waals surface area contributed by atoms with Crippen LogP contribution in [-0.4, -0.2) is 4.98 Å². The molecule has 2 N–H and O–H groups in total. The quantitative estimate of drug-likeness (QED) is 0.581. The number of rotatable bonds is 0. The van der Waals surface area contributed by atoms with Crippen molar-refractivity contribution in [2.45, 2.75) is 6.92 Å². The van der Waals surface area contributed by atoms with Crippen molar-refractivity contribution in [1.82, 2.24) is 4.98 Å². The van der Waals surface area contributed by atoms with E-state index >= 15 is 0 Å². The first kappa shape index (κ1) is 6.05. The van der Waals surface area contributed by atoms with Crippen molar-refractivity contribution in [3.63, 3.8) is 0 Å². The van der Waals surface area contributed by atoms with Gasteiger partial charge in [0.05, 0.1) is 5.01 Å². The van der Waals surface area contributed by atoms with E-state index in [9.17, 15) is 0 Å². The van der Waals surface area contributed by atoms with Crippen LogP contribution in [0.2, 0.25) is 0 Å². The third-order valence-electron chi connectivity index (χ3n) is 0.866. The highest BCUT2D eigenvalue weighted by Crippen LogP contribution is 2.18. The van der Waals surface area contributed by atoms with Crippen LogP contribution in [0.25, 0.3) is 0 Å². The van der Waals surface area contributed by atoms with Crippen LogP contribution in [0.3, 0.4) is 0 Å². The molecule has 0 unspecified atom stereocenters. The summed E-state index contributed by atoms with van der Waals surface area (Å²) in [6.45, 7) is 1.82. The molecule has 0 aliphatic carbocycles. The maximum atomic E-state index is 8.35. The van der Waals surface area contributed by atoms with Crippen LogP contribution in [-0.2, 0) is 0 Å². The van der Waals surface area contributed by atoms with E-state index in [2.05, 4.69) is 4.98 Å². The SMILES string of the molecule is Cc1nc(C#N)c(N)s1. The maximum Gasteiger partial charge on any atom is 0.175 e. The molecule has 0 spiro atoms.